The average Bonchev–Trinajstić information content (AvgIpc) is 2.43. The highest BCUT2D eigenvalue weighted by atomic mass is 32.2. The molecule has 3 N–H and O–H groups in total. The van der Waals surface area contributed by atoms with Gasteiger partial charge in [-0.1, -0.05) is 12.1 Å². The molecule has 2 rings (SSSR count). The molecule has 0 aliphatic heterocycles. The van der Waals surface area contributed by atoms with Crippen LogP contribution in [0.3, 0.4) is 0 Å². The number of hydrazine groups is 1. The summed E-state index contributed by atoms with van der Waals surface area (Å²) in [7, 11) is -3.32. The fraction of sp³-hybridized carbons (Fsp3) is 0.143. The number of nitrogens with two attached hydrogens (primary N) is 1. The van der Waals surface area contributed by atoms with E-state index in [4.69, 9.17) is 5.84 Å². The Bertz CT molecular complexity index is 746. The van der Waals surface area contributed by atoms with Gasteiger partial charge in [-0.05, 0) is 35.9 Å². The maximum atomic E-state index is 13.8. The van der Waals surface area contributed by atoms with Gasteiger partial charge in [0.05, 0.1) is 10.9 Å². The van der Waals surface area contributed by atoms with Crippen molar-refractivity contribution in [2.24, 2.45) is 5.84 Å². The molecular weight excluding hydrogens is 298 g/mol. The number of benzene rings is 2. The number of nitrogens with one attached hydrogen (secondary N) is 1. The number of rotatable bonds is 4. The lowest BCUT2D eigenvalue weighted by atomic mass is 9.99. The molecule has 0 amide bonds. The van der Waals surface area contributed by atoms with Gasteiger partial charge in [0.15, 0.2) is 9.84 Å². The van der Waals surface area contributed by atoms with E-state index in [1.807, 2.05) is 0 Å². The summed E-state index contributed by atoms with van der Waals surface area (Å²) in [6.45, 7) is 0. The minimum absolute atomic E-state index is 0.0459. The molecule has 0 heterocycles. The van der Waals surface area contributed by atoms with Gasteiger partial charge in [-0.3, -0.25) is 5.84 Å². The van der Waals surface area contributed by atoms with Crippen molar-refractivity contribution in [1.29, 1.82) is 0 Å². The van der Waals surface area contributed by atoms with Crippen LogP contribution in [0.5, 0.6) is 0 Å². The Balaban J connectivity index is 2.44. The molecule has 0 saturated carbocycles. The molecule has 0 aromatic heterocycles. The summed E-state index contributed by atoms with van der Waals surface area (Å²) >= 11 is 0. The monoisotopic (exact) mass is 312 g/mol. The van der Waals surface area contributed by atoms with Crippen molar-refractivity contribution in [2.45, 2.75) is 10.9 Å². The van der Waals surface area contributed by atoms with E-state index in [1.54, 1.807) is 0 Å². The Hall–Kier alpha value is -1.83. The first kappa shape index (κ1) is 15.6. The fourth-order valence-corrected chi connectivity index (χ4v) is 2.64. The zero-order chi connectivity index (χ0) is 15.6. The highest BCUT2D eigenvalue weighted by Crippen LogP contribution is 2.25. The molecule has 0 spiro atoms. The van der Waals surface area contributed by atoms with Crippen LogP contribution in [0.25, 0.3) is 0 Å². The van der Waals surface area contributed by atoms with Crippen LogP contribution >= 0.6 is 0 Å². The summed E-state index contributed by atoms with van der Waals surface area (Å²) in [5.74, 6) is 4.23. The molecule has 1 unspecified atom stereocenters. The van der Waals surface area contributed by atoms with E-state index in [1.165, 1.54) is 24.3 Å². The Labute approximate surface area is 121 Å². The highest BCUT2D eigenvalue weighted by Gasteiger charge is 2.18. The lowest BCUT2D eigenvalue weighted by molar-refractivity contribution is 0.545. The van der Waals surface area contributed by atoms with E-state index in [0.717, 1.165) is 24.5 Å². The Kier molecular flexibility index (Phi) is 4.36. The largest absolute Gasteiger partial charge is 0.271 e. The maximum Gasteiger partial charge on any atom is 0.175 e. The van der Waals surface area contributed by atoms with Gasteiger partial charge in [0.1, 0.15) is 11.6 Å². The van der Waals surface area contributed by atoms with Gasteiger partial charge < -0.3 is 0 Å². The molecule has 112 valence electrons. The van der Waals surface area contributed by atoms with Crippen molar-refractivity contribution in [3.63, 3.8) is 0 Å². The first-order valence-corrected chi connectivity index (χ1v) is 7.93. The second-order valence-corrected chi connectivity index (χ2v) is 6.62. The first-order chi connectivity index (χ1) is 9.82. The van der Waals surface area contributed by atoms with Gasteiger partial charge in [-0.25, -0.2) is 22.6 Å². The lowest BCUT2D eigenvalue weighted by Crippen LogP contribution is -2.29. The van der Waals surface area contributed by atoms with Crippen LogP contribution < -0.4 is 11.3 Å². The van der Waals surface area contributed by atoms with Crippen LogP contribution in [0.1, 0.15) is 17.2 Å². The Morgan fingerprint density at radius 2 is 1.71 bits per heavy atom. The molecule has 0 saturated heterocycles. The molecule has 1 atom stereocenters. The normalized spacial score (nSPS) is 13.1. The van der Waals surface area contributed by atoms with Gasteiger partial charge in [-0.2, -0.15) is 0 Å². The second-order valence-electron chi connectivity index (χ2n) is 4.61. The van der Waals surface area contributed by atoms with E-state index < -0.39 is 27.5 Å². The lowest BCUT2D eigenvalue weighted by Gasteiger charge is -2.18. The van der Waals surface area contributed by atoms with Crippen LogP contribution in [0.15, 0.2) is 47.4 Å². The summed E-state index contributed by atoms with van der Waals surface area (Å²) < 4.78 is 49.9. The third-order valence-corrected chi connectivity index (χ3v) is 4.21. The van der Waals surface area contributed by atoms with Crippen molar-refractivity contribution < 1.29 is 17.2 Å². The minimum Gasteiger partial charge on any atom is -0.271 e. The maximum absolute atomic E-state index is 13.8. The number of halogens is 2. The van der Waals surface area contributed by atoms with Crippen LogP contribution in [0.4, 0.5) is 8.78 Å². The van der Waals surface area contributed by atoms with Crippen molar-refractivity contribution in [3.8, 4) is 0 Å². The van der Waals surface area contributed by atoms with Crippen LogP contribution in [-0.4, -0.2) is 14.7 Å². The van der Waals surface area contributed by atoms with E-state index >= 15 is 0 Å². The molecule has 0 aliphatic carbocycles. The SMILES string of the molecule is CS(=O)(=O)c1ccc(C(NN)c2cc(F)ccc2F)cc1. The van der Waals surface area contributed by atoms with Gasteiger partial charge in [0.2, 0.25) is 0 Å². The van der Waals surface area contributed by atoms with Crippen LogP contribution in [-0.2, 0) is 9.84 Å². The molecule has 0 aliphatic rings. The summed E-state index contributed by atoms with van der Waals surface area (Å²) in [6, 6.07) is 8.09. The zero-order valence-electron chi connectivity index (χ0n) is 11.2. The smallest absolute Gasteiger partial charge is 0.175 e. The molecular formula is C14H14F2N2O2S. The number of hydrogen-bond acceptors (Lipinski definition) is 4. The van der Waals surface area contributed by atoms with E-state index in [2.05, 4.69) is 5.43 Å². The predicted molar refractivity (Wildman–Crippen MR) is 75.1 cm³/mol. The molecule has 0 bridgehead atoms. The van der Waals surface area contributed by atoms with Crippen molar-refractivity contribution in [1.82, 2.24) is 5.43 Å². The first-order valence-electron chi connectivity index (χ1n) is 6.04. The average molecular weight is 312 g/mol. The summed E-state index contributed by atoms with van der Waals surface area (Å²) in [6.07, 6.45) is 1.09. The third kappa shape index (κ3) is 3.44. The summed E-state index contributed by atoms with van der Waals surface area (Å²) in [5, 5.41) is 0. The van der Waals surface area contributed by atoms with Gasteiger partial charge >= 0.3 is 0 Å². The standard InChI is InChI=1S/C14H14F2N2O2S/c1-21(19,20)11-5-2-9(3-6-11)14(18-17)12-8-10(15)4-7-13(12)16/h2-8,14,18H,17H2,1H3. The van der Waals surface area contributed by atoms with Gasteiger partial charge in [-0.15, -0.1) is 0 Å². The molecule has 7 heteroatoms. The molecule has 2 aromatic carbocycles. The van der Waals surface area contributed by atoms with Crippen molar-refractivity contribution >= 4 is 9.84 Å². The fourth-order valence-electron chi connectivity index (χ4n) is 2.01. The predicted octanol–water partition coefficient (Wildman–Crippen LogP) is 1.92. The van der Waals surface area contributed by atoms with E-state index in [9.17, 15) is 17.2 Å². The van der Waals surface area contributed by atoms with E-state index in [0.29, 0.717) is 5.56 Å². The third-order valence-electron chi connectivity index (χ3n) is 3.08. The molecule has 0 radical (unpaired) electrons. The molecule has 21 heavy (non-hydrogen) atoms. The number of sulfone groups is 1. The van der Waals surface area contributed by atoms with Crippen molar-refractivity contribution in [3.05, 3.63) is 65.2 Å². The van der Waals surface area contributed by atoms with Gasteiger partial charge in [0, 0.05) is 11.8 Å². The Morgan fingerprint density at radius 1 is 1.10 bits per heavy atom. The Morgan fingerprint density at radius 3 is 2.24 bits per heavy atom. The molecule has 4 nitrogen and oxygen atoms in total. The van der Waals surface area contributed by atoms with Crippen LogP contribution in [0.2, 0.25) is 0 Å². The zero-order valence-corrected chi connectivity index (χ0v) is 12.0. The highest BCUT2D eigenvalue weighted by molar-refractivity contribution is 7.90. The van der Waals surface area contributed by atoms with Crippen LogP contribution in [0, 0.1) is 11.6 Å². The quantitative estimate of drug-likeness (QED) is 0.668. The minimum atomic E-state index is -3.32. The van der Waals surface area contributed by atoms with E-state index in [-0.39, 0.29) is 10.5 Å². The molecule has 0 fully saturated rings. The topological polar surface area (TPSA) is 72.2 Å². The van der Waals surface area contributed by atoms with Crippen molar-refractivity contribution in [2.75, 3.05) is 6.26 Å². The number of hydrogen-bond donors (Lipinski definition) is 2. The molecule has 2 aromatic rings. The summed E-state index contributed by atoms with van der Waals surface area (Å²) in [4.78, 5) is 0.140. The van der Waals surface area contributed by atoms with Gasteiger partial charge in [0.25, 0.3) is 0 Å². The second kappa shape index (κ2) is 5.88. The summed E-state index contributed by atoms with van der Waals surface area (Å²) in [5.41, 5.74) is 2.97.